The Morgan fingerprint density at radius 2 is 1.45 bits per heavy atom. The number of benzene rings is 3. The Morgan fingerprint density at radius 3 is 2.12 bits per heavy atom. The van der Waals surface area contributed by atoms with E-state index in [0.717, 1.165) is 6.54 Å². The van der Waals surface area contributed by atoms with Gasteiger partial charge in [-0.25, -0.2) is 0 Å². The minimum atomic E-state index is -0.374. The van der Waals surface area contributed by atoms with Crippen molar-refractivity contribution in [2.45, 2.75) is 45.3 Å². The van der Waals surface area contributed by atoms with E-state index in [1.807, 2.05) is 0 Å². The van der Waals surface area contributed by atoms with Crippen LogP contribution in [0.5, 0.6) is 0 Å². The van der Waals surface area contributed by atoms with Gasteiger partial charge in [0, 0.05) is 16.5 Å². The van der Waals surface area contributed by atoms with Crippen molar-refractivity contribution in [1.82, 2.24) is 4.57 Å². The fourth-order valence-electron chi connectivity index (χ4n) is 5.49. The fourth-order valence-corrected chi connectivity index (χ4v) is 5.49. The summed E-state index contributed by atoms with van der Waals surface area (Å²) in [7, 11) is 0. The number of aliphatic hydroxyl groups excluding tert-OH is 1. The first-order valence-corrected chi connectivity index (χ1v) is 12.5. The number of fused-ring (bicyclic) bond motifs is 1. The number of quaternary nitrogens is 1. The number of hydrogen-bond acceptors (Lipinski definition) is 1. The Morgan fingerprint density at radius 1 is 0.818 bits per heavy atom. The molecule has 1 aliphatic rings. The summed E-state index contributed by atoms with van der Waals surface area (Å²) >= 11 is 0. The van der Waals surface area contributed by atoms with E-state index in [9.17, 15) is 5.11 Å². The number of likely N-dealkylation sites (tertiary alicyclic amines) is 1. The van der Waals surface area contributed by atoms with Crippen LogP contribution in [0, 0.1) is 6.92 Å². The van der Waals surface area contributed by atoms with E-state index in [0.29, 0.717) is 6.54 Å². The number of nitrogens with zero attached hydrogens (tertiary/aromatic N) is 1. The number of nitrogens with one attached hydrogen (secondary N) is 1. The molecule has 4 aromatic rings. The summed E-state index contributed by atoms with van der Waals surface area (Å²) in [4.78, 5) is 1.55. The van der Waals surface area contributed by atoms with Gasteiger partial charge in [-0.2, -0.15) is 0 Å². The van der Waals surface area contributed by atoms with Gasteiger partial charge in [0.25, 0.3) is 0 Å². The zero-order chi connectivity index (χ0) is 22.6. The van der Waals surface area contributed by atoms with Crippen LogP contribution in [0.3, 0.4) is 0 Å². The van der Waals surface area contributed by atoms with Crippen molar-refractivity contribution >= 4 is 10.9 Å². The Labute approximate surface area is 197 Å². The zero-order valence-corrected chi connectivity index (χ0v) is 19.6. The molecule has 33 heavy (non-hydrogen) atoms. The summed E-state index contributed by atoms with van der Waals surface area (Å²) in [5.74, 6) is 0. The molecule has 1 fully saturated rings. The quantitative estimate of drug-likeness (QED) is 0.430. The van der Waals surface area contributed by atoms with Crippen LogP contribution >= 0.6 is 0 Å². The van der Waals surface area contributed by atoms with Crippen LogP contribution in [-0.2, 0) is 6.54 Å². The molecule has 3 aromatic carbocycles. The molecule has 2 heterocycles. The van der Waals surface area contributed by atoms with Crippen LogP contribution in [0.15, 0.2) is 78.9 Å². The van der Waals surface area contributed by atoms with Gasteiger partial charge in [-0.15, -0.1) is 0 Å². The molecule has 0 radical (unpaired) electrons. The second-order valence-corrected chi connectivity index (χ2v) is 9.61. The fraction of sp³-hybridized carbons (Fsp3) is 0.333. The molecule has 1 atom stereocenters. The summed E-state index contributed by atoms with van der Waals surface area (Å²) in [6.07, 6.45) is 4.85. The van der Waals surface area contributed by atoms with E-state index in [-0.39, 0.29) is 6.10 Å². The molecule has 3 heteroatoms. The highest BCUT2D eigenvalue weighted by Gasteiger charge is 2.24. The van der Waals surface area contributed by atoms with Crippen molar-refractivity contribution < 1.29 is 10.0 Å². The molecule has 170 valence electrons. The molecule has 5 rings (SSSR count). The predicted molar refractivity (Wildman–Crippen MR) is 138 cm³/mol. The van der Waals surface area contributed by atoms with Gasteiger partial charge in [0.1, 0.15) is 12.6 Å². The highest BCUT2D eigenvalue weighted by Crippen LogP contribution is 2.41. The Balaban J connectivity index is 1.63. The summed E-state index contributed by atoms with van der Waals surface area (Å²) in [6, 6.07) is 28.1. The number of aryl methyl sites for hydroxylation is 1. The SMILES string of the molecule is Cc1ccc2c(c1)c(-c1ccccc1)c(-c1ccccc1)n2C[C@@H](O)C[NH+]1CCCCCC1. The van der Waals surface area contributed by atoms with Gasteiger partial charge < -0.3 is 14.6 Å². The third-order valence-electron chi connectivity index (χ3n) is 7.06. The molecule has 1 aliphatic heterocycles. The van der Waals surface area contributed by atoms with E-state index in [2.05, 4.69) is 90.4 Å². The summed E-state index contributed by atoms with van der Waals surface area (Å²) < 4.78 is 2.37. The first kappa shape index (κ1) is 21.9. The van der Waals surface area contributed by atoms with E-state index >= 15 is 0 Å². The lowest BCUT2D eigenvalue weighted by atomic mass is 9.98. The predicted octanol–water partition coefficient (Wildman–Crippen LogP) is 5.10. The lowest BCUT2D eigenvalue weighted by molar-refractivity contribution is -0.902. The van der Waals surface area contributed by atoms with Gasteiger partial charge >= 0.3 is 0 Å². The number of aromatic nitrogens is 1. The molecule has 0 saturated carbocycles. The van der Waals surface area contributed by atoms with Crippen molar-refractivity contribution in [1.29, 1.82) is 0 Å². The third-order valence-corrected chi connectivity index (χ3v) is 7.06. The van der Waals surface area contributed by atoms with E-state index < -0.39 is 0 Å². The van der Waals surface area contributed by atoms with Crippen LogP contribution in [0.1, 0.15) is 31.2 Å². The first-order chi connectivity index (χ1) is 16.2. The summed E-state index contributed by atoms with van der Waals surface area (Å²) in [6.45, 7) is 5.96. The standard InChI is InChI=1S/C30H34N2O/c1-23-16-17-28-27(20-23)29(24-12-6-4-7-13-24)30(25-14-8-5-9-15-25)32(28)22-26(33)21-31-18-10-2-3-11-19-31/h4-9,12-17,20,26,33H,2-3,10-11,18-19,21-22H2,1H3/p+1/t26-/m0/s1. The lowest BCUT2D eigenvalue weighted by Crippen LogP contribution is -3.13. The van der Waals surface area contributed by atoms with E-state index in [1.54, 1.807) is 4.90 Å². The molecule has 0 aliphatic carbocycles. The van der Waals surface area contributed by atoms with Crippen molar-refractivity contribution in [2.75, 3.05) is 19.6 Å². The molecule has 0 bridgehead atoms. The van der Waals surface area contributed by atoms with Crippen LogP contribution in [0.4, 0.5) is 0 Å². The maximum absolute atomic E-state index is 11.3. The highest BCUT2D eigenvalue weighted by molar-refractivity contribution is 6.04. The Kier molecular flexibility index (Phi) is 6.61. The monoisotopic (exact) mass is 439 g/mol. The Hall–Kier alpha value is -2.88. The molecule has 0 amide bonds. The largest absolute Gasteiger partial charge is 0.385 e. The normalized spacial score (nSPS) is 16.1. The minimum Gasteiger partial charge on any atom is -0.385 e. The van der Waals surface area contributed by atoms with Crippen molar-refractivity contribution in [3.05, 3.63) is 84.4 Å². The first-order valence-electron chi connectivity index (χ1n) is 12.5. The van der Waals surface area contributed by atoms with Gasteiger partial charge in [0.15, 0.2) is 0 Å². The third kappa shape index (κ3) is 4.75. The average molecular weight is 440 g/mol. The van der Waals surface area contributed by atoms with Gasteiger partial charge in [-0.1, -0.05) is 72.3 Å². The van der Waals surface area contributed by atoms with Crippen LogP contribution in [0.25, 0.3) is 33.3 Å². The maximum Gasteiger partial charge on any atom is 0.121 e. The van der Waals surface area contributed by atoms with Crippen molar-refractivity contribution in [3.8, 4) is 22.4 Å². The van der Waals surface area contributed by atoms with Gasteiger partial charge in [-0.05, 0) is 55.9 Å². The molecule has 1 saturated heterocycles. The molecule has 3 nitrogen and oxygen atoms in total. The smallest absolute Gasteiger partial charge is 0.121 e. The zero-order valence-electron chi connectivity index (χ0n) is 19.6. The van der Waals surface area contributed by atoms with Gasteiger partial charge in [-0.3, -0.25) is 0 Å². The number of rotatable bonds is 6. The number of hydrogen-bond donors (Lipinski definition) is 2. The highest BCUT2D eigenvalue weighted by atomic mass is 16.3. The van der Waals surface area contributed by atoms with Gasteiger partial charge in [0.05, 0.1) is 25.3 Å². The lowest BCUT2D eigenvalue weighted by Gasteiger charge is -2.22. The molecule has 2 N–H and O–H groups in total. The van der Waals surface area contributed by atoms with Crippen LogP contribution in [-0.4, -0.2) is 35.4 Å². The summed E-state index contributed by atoms with van der Waals surface area (Å²) in [5.41, 5.74) is 7.33. The molecule has 1 aromatic heterocycles. The molecule has 0 spiro atoms. The van der Waals surface area contributed by atoms with Crippen LogP contribution < -0.4 is 4.90 Å². The van der Waals surface area contributed by atoms with Crippen LogP contribution in [0.2, 0.25) is 0 Å². The molecular formula is C30H35N2O+. The summed E-state index contributed by atoms with van der Waals surface area (Å²) in [5, 5.41) is 12.5. The number of aliphatic hydroxyl groups is 1. The topological polar surface area (TPSA) is 29.6 Å². The van der Waals surface area contributed by atoms with E-state index in [4.69, 9.17) is 0 Å². The van der Waals surface area contributed by atoms with Gasteiger partial charge in [0.2, 0.25) is 0 Å². The van der Waals surface area contributed by atoms with E-state index in [1.165, 1.54) is 77.6 Å². The second kappa shape index (κ2) is 9.94. The minimum absolute atomic E-state index is 0.374. The average Bonchev–Trinajstić information content (AvgIpc) is 2.96. The molecular weight excluding hydrogens is 404 g/mol. The Bertz CT molecular complexity index is 1190. The van der Waals surface area contributed by atoms with Crippen molar-refractivity contribution in [3.63, 3.8) is 0 Å². The molecule has 0 unspecified atom stereocenters. The maximum atomic E-state index is 11.3. The second-order valence-electron chi connectivity index (χ2n) is 9.61. The van der Waals surface area contributed by atoms with Crippen molar-refractivity contribution in [2.24, 2.45) is 0 Å².